The van der Waals surface area contributed by atoms with Gasteiger partial charge in [-0.1, -0.05) is 91.0 Å². The van der Waals surface area contributed by atoms with Crippen molar-refractivity contribution in [2.45, 2.75) is 43.0 Å². The van der Waals surface area contributed by atoms with Gasteiger partial charge in [0.1, 0.15) is 0 Å². The van der Waals surface area contributed by atoms with Crippen molar-refractivity contribution in [3.63, 3.8) is 0 Å². The molecule has 0 aliphatic carbocycles. The van der Waals surface area contributed by atoms with Crippen LogP contribution in [0.15, 0.2) is 108 Å². The number of ether oxygens (including phenoxy) is 3. The van der Waals surface area contributed by atoms with Gasteiger partial charge in [-0.15, -0.1) is 0 Å². The largest absolute Gasteiger partial charge is 0.392 e. The van der Waals surface area contributed by atoms with Crippen LogP contribution in [-0.2, 0) is 37.4 Å². The van der Waals surface area contributed by atoms with Gasteiger partial charge in [-0.05, 0) is 39.9 Å². The van der Waals surface area contributed by atoms with Crippen LogP contribution in [0.25, 0.3) is 11.1 Å². The van der Waals surface area contributed by atoms with E-state index in [1.165, 1.54) is 0 Å². The van der Waals surface area contributed by atoms with E-state index in [-0.39, 0.29) is 30.3 Å². The van der Waals surface area contributed by atoms with Crippen molar-refractivity contribution < 1.29 is 27.7 Å². The van der Waals surface area contributed by atoms with Crippen LogP contribution >= 0.6 is 0 Å². The highest BCUT2D eigenvalue weighted by molar-refractivity contribution is 7.89. The van der Waals surface area contributed by atoms with E-state index < -0.39 is 16.3 Å². The van der Waals surface area contributed by atoms with E-state index in [2.05, 4.69) is 9.62 Å². The Labute approximate surface area is 259 Å². The van der Waals surface area contributed by atoms with Gasteiger partial charge in [0.05, 0.1) is 36.9 Å². The lowest BCUT2D eigenvalue weighted by atomic mass is 9.97. The molecule has 2 fully saturated rings. The first-order valence-corrected chi connectivity index (χ1v) is 16.5. The quantitative estimate of drug-likeness (QED) is 0.253. The fraction of sp³-hybridized carbons (Fsp3) is 0.314. The Morgan fingerprint density at radius 1 is 0.795 bits per heavy atom. The molecule has 2 aliphatic rings. The summed E-state index contributed by atoms with van der Waals surface area (Å²) in [6, 6.07) is 32.2. The molecule has 2 N–H and O–H groups in total. The number of hydrogen-bond acceptors (Lipinski definition) is 7. The highest BCUT2D eigenvalue weighted by Crippen LogP contribution is 2.39. The number of nitrogens with one attached hydrogen (secondary N) is 1. The molecule has 3 atom stereocenters. The SMILES string of the molecule is O=S(=O)(NCc1ccccc1-c1ccc(C2OC(CN3CCOCC3)CC(c3ccc(CO)cc3)O2)cc1)c1ccccc1. The number of morpholine rings is 1. The van der Waals surface area contributed by atoms with E-state index in [4.69, 9.17) is 14.2 Å². The Kier molecular flexibility index (Phi) is 9.83. The van der Waals surface area contributed by atoms with Crippen molar-refractivity contribution in [3.8, 4) is 11.1 Å². The van der Waals surface area contributed by atoms with Crippen molar-refractivity contribution in [3.05, 3.63) is 125 Å². The van der Waals surface area contributed by atoms with Crippen molar-refractivity contribution in [1.82, 2.24) is 9.62 Å². The summed E-state index contributed by atoms with van der Waals surface area (Å²) >= 11 is 0. The molecule has 3 unspecified atom stereocenters. The second-order valence-electron chi connectivity index (χ2n) is 11.2. The molecule has 2 heterocycles. The fourth-order valence-electron chi connectivity index (χ4n) is 5.74. The van der Waals surface area contributed by atoms with Crippen LogP contribution in [0, 0.1) is 0 Å². The average Bonchev–Trinajstić information content (AvgIpc) is 3.08. The third-order valence-corrected chi connectivity index (χ3v) is 9.62. The molecule has 8 nitrogen and oxygen atoms in total. The third kappa shape index (κ3) is 7.44. The molecule has 0 amide bonds. The Hall–Kier alpha value is -3.41. The molecule has 0 bridgehead atoms. The molecule has 0 spiro atoms. The van der Waals surface area contributed by atoms with Crippen molar-refractivity contribution >= 4 is 10.0 Å². The fourth-order valence-corrected chi connectivity index (χ4v) is 6.76. The molecule has 6 rings (SSSR count). The molecule has 2 saturated heterocycles. The minimum atomic E-state index is -3.63. The number of aliphatic hydroxyl groups is 1. The Morgan fingerprint density at radius 3 is 2.20 bits per heavy atom. The first kappa shape index (κ1) is 30.6. The predicted octanol–water partition coefficient (Wildman–Crippen LogP) is 5.20. The van der Waals surface area contributed by atoms with Crippen molar-refractivity contribution in [2.24, 2.45) is 0 Å². The minimum Gasteiger partial charge on any atom is -0.392 e. The molecule has 44 heavy (non-hydrogen) atoms. The van der Waals surface area contributed by atoms with E-state index in [1.807, 2.05) is 72.8 Å². The predicted molar refractivity (Wildman–Crippen MR) is 168 cm³/mol. The summed E-state index contributed by atoms with van der Waals surface area (Å²) < 4.78 is 47.0. The van der Waals surface area contributed by atoms with Gasteiger partial charge in [0.2, 0.25) is 10.0 Å². The lowest BCUT2D eigenvalue weighted by Crippen LogP contribution is -2.44. The zero-order chi connectivity index (χ0) is 30.4. The zero-order valence-corrected chi connectivity index (χ0v) is 25.4. The van der Waals surface area contributed by atoms with Crippen LogP contribution in [0.5, 0.6) is 0 Å². The van der Waals surface area contributed by atoms with Crippen LogP contribution in [-0.4, -0.2) is 57.4 Å². The number of aliphatic hydroxyl groups excluding tert-OH is 1. The molecular formula is C35H38N2O6S. The van der Waals surface area contributed by atoms with E-state index in [0.29, 0.717) is 0 Å². The van der Waals surface area contributed by atoms with E-state index >= 15 is 0 Å². The number of nitrogens with zero attached hydrogens (tertiary/aromatic N) is 1. The Balaban J connectivity index is 1.20. The van der Waals surface area contributed by atoms with Gasteiger partial charge < -0.3 is 19.3 Å². The number of benzene rings is 4. The highest BCUT2D eigenvalue weighted by Gasteiger charge is 2.33. The smallest absolute Gasteiger partial charge is 0.240 e. The maximum Gasteiger partial charge on any atom is 0.240 e. The Bertz CT molecular complexity index is 1610. The summed E-state index contributed by atoms with van der Waals surface area (Å²) in [6.07, 6.45) is 0.0220. The van der Waals surface area contributed by atoms with Gasteiger partial charge in [-0.25, -0.2) is 13.1 Å². The maximum absolute atomic E-state index is 12.8. The lowest BCUT2D eigenvalue weighted by molar-refractivity contribution is -0.253. The summed E-state index contributed by atoms with van der Waals surface area (Å²) in [4.78, 5) is 2.62. The van der Waals surface area contributed by atoms with Crippen LogP contribution in [0.4, 0.5) is 0 Å². The summed E-state index contributed by atoms with van der Waals surface area (Å²) in [5.74, 6) is 0. The molecular weight excluding hydrogens is 576 g/mol. The van der Waals surface area contributed by atoms with Crippen molar-refractivity contribution in [2.75, 3.05) is 32.8 Å². The van der Waals surface area contributed by atoms with Gasteiger partial charge >= 0.3 is 0 Å². The minimum absolute atomic E-state index is 0.00553. The molecule has 2 aliphatic heterocycles. The van der Waals surface area contributed by atoms with Gasteiger partial charge in [0, 0.05) is 38.2 Å². The third-order valence-electron chi connectivity index (χ3n) is 8.20. The normalized spacial score (nSPS) is 21.2. The topological polar surface area (TPSA) is 97.3 Å². The number of hydrogen-bond donors (Lipinski definition) is 2. The average molecular weight is 615 g/mol. The van der Waals surface area contributed by atoms with Gasteiger partial charge in [0.15, 0.2) is 6.29 Å². The Morgan fingerprint density at radius 2 is 1.48 bits per heavy atom. The first-order chi connectivity index (χ1) is 21.5. The van der Waals surface area contributed by atoms with Crippen LogP contribution < -0.4 is 4.72 Å². The number of sulfonamides is 1. The highest BCUT2D eigenvalue weighted by atomic mass is 32.2. The zero-order valence-electron chi connectivity index (χ0n) is 24.5. The van der Waals surface area contributed by atoms with Crippen LogP contribution in [0.1, 0.15) is 41.1 Å². The first-order valence-electron chi connectivity index (χ1n) is 15.0. The molecule has 4 aromatic rings. The van der Waals surface area contributed by atoms with E-state index in [0.717, 1.165) is 72.6 Å². The maximum atomic E-state index is 12.8. The molecule has 0 radical (unpaired) electrons. The molecule has 0 saturated carbocycles. The summed E-state index contributed by atoms with van der Waals surface area (Å²) in [7, 11) is -3.63. The van der Waals surface area contributed by atoms with Gasteiger partial charge in [-0.2, -0.15) is 0 Å². The van der Waals surface area contributed by atoms with Crippen molar-refractivity contribution in [1.29, 1.82) is 0 Å². The molecule has 4 aromatic carbocycles. The van der Waals surface area contributed by atoms with E-state index in [9.17, 15) is 13.5 Å². The van der Waals surface area contributed by atoms with Crippen LogP contribution in [0.3, 0.4) is 0 Å². The van der Waals surface area contributed by atoms with Crippen LogP contribution in [0.2, 0.25) is 0 Å². The second-order valence-corrected chi connectivity index (χ2v) is 12.9. The number of rotatable bonds is 10. The van der Waals surface area contributed by atoms with E-state index in [1.54, 1.807) is 30.3 Å². The molecule has 9 heteroatoms. The standard InChI is InChI=1S/C35H38N2O6S/c38-25-26-10-12-28(13-11-26)34-22-31(24-37-18-20-41-21-19-37)42-35(43-34)29-16-14-27(15-17-29)33-9-5-4-6-30(33)23-36-44(39,40)32-7-2-1-3-8-32/h1-17,31,34-36,38H,18-25H2. The lowest BCUT2D eigenvalue weighted by Gasteiger charge is -2.39. The second kappa shape index (κ2) is 14.1. The van der Waals surface area contributed by atoms with Gasteiger partial charge in [0.25, 0.3) is 0 Å². The summed E-state index contributed by atoms with van der Waals surface area (Å²) in [5.41, 5.74) is 5.64. The van der Waals surface area contributed by atoms with Gasteiger partial charge in [-0.3, -0.25) is 4.90 Å². The monoisotopic (exact) mass is 614 g/mol. The summed E-state index contributed by atoms with van der Waals surface area (Å²) in [6.45, 7) is 4.22. The summed E-state index contributed by atoms with van der Waals surface area (Å²) in [5, 5.41) is 9.49. The molecule has 230 valence electrons. The molecule has 0 aromatic heterocycles.